The van der Waals surface area contributed by atoms with E-state index < -0.39 is 5.69 Å². The standard InChI is InChI=1S/C14H15BFN4OS/c1-7-8(2-4-17)15-11-12(7)19-14(21)20-13(11)18-6-10-9(16)3-5-22-10/h3,5H,2,4,6,17H2,1H3,(H2,18,19,20,21). The summed E-state index contributed by atoms with van der Waals surface area (Å²) in [6, 6.07) is 1.43. The van der Waals surface area contributed by atoms with E-state index in [4.69, 9.17) is 5.73 Å². The molecule has 0 unspecified atom stereocenters. The van der Waals surface area contributed by atoms with Gasteiger partial charge in [-0.25, -0.2) is 9.18 Å². The molecule has 0 amide bonds. The number of hydrogen-bond donors (Lipinski definition) is 3. The Hall–Kier alpha value is -1.93. The highest BCUT2D eigenvalue weighted by Crippen LogP contribution is 2.24. The Bertz CT molecular complexity index is 798. The molecular weight excluding hydrogens is 302 g/mol. The first kappa shape index (κ1) is 15.0. The lowest BCUT2D eigenvalue weighted by atomic mass is 9.65. The molecule has 1 radical (unpaired) electrons. The van der Waals surface area contributed by atoms with Gasteiger partial charge in [0.1, 0.15) is 11.6 Å². The van der Waals surface area contributed by atoms with Crippen LogP contribution in [-0.2, 0) is 6.54 Å². The number of nitrogens with one attached hydrogen (secondary N) is 2. The summed E-state index contributed by atoms with van der Waals surface area (Å²) in [5.41, 5.74) is 8.88. The summed E-state index contributed by atoms with van der Waals surface area (Å²) in [7, 11) is 1.98. The van der Waals surface area contributed by atoms with Crippen molar-refractivity contribution in [1.82, 2.24) is 9.97 Å². The number of anilines is 1. The molecule has 3 heterocycles. The second kappa shape index (κ2) is 6.06. The number of allylic oxidation sites excluding steroid dienone is 1. The van der Waals surface area contributed by atoms with E-state index in [0.717, 1.165) is 28.6 Å². The number of aromatic nitrogens is 2. The Labute approximate surface area is 131 Å². The van der Waals surface area contributed by atoms with Gasteiger partial charge in [-0.3, -0.25) is 0 Å². The van der Waals surface area contributed by atoms with Crippen molar-refractivity contribution in [2.24, 2.45) is 5.73 Å². The van der Waals surface area contributed by atoms with Crippen molar-refractivity contribution in [3.63, 3.8) is 0 Å². The molecule has 0 atom stereocenters. The maximum atomic E-state index is 13.5. The van der Waals surface area contributed by atoms with E-state index in [1.807, 2.05) is 14.2 Å². The average molecular weight is 317 g/mol. The minimum Gasteiger partial charge on any atom is -0.365 e. The van der Waals surface area contributed by atoms with Crippen LogP contribution >= 0.6 is 11.3 Å². The summed E-state index contributed by atoms with van der Waals surface area (Å²) in [4.78, 5) is 19.1. The summed E-state index contributed by atoms with van der Waals surface area (Å²) in [5.74, 6) is 0.221. The van der Waals surface area contributed by atoms with Gasteiger partial charge in [0, 0.05) is 5.69 Å². The zero-order valence-electron chi connectivity index (χ0n) is 12.1. The van der Waals surface area contributed by atoms with Gasteiger partial charge in [-0.05, 0) is 42.4 Å². The minimum atomic E-state index is -0.422. The van der Waals surface area contributed by atoms with Crippen LogP contribution in [0.4, 0.5) is 10.2 Å². The lowest BCUT2D eigenvalue weighted by Gasteiger charge is -2.09. The predicted molar refractivity (Wildman–Crippen MR) is 88.1 cm³/mol. The summed E-state index contributed by atoms with van der Waals surface area (Å²) >= 11 is 1.33. The fourth-order valence-corrected chi connectivity index (χ4v) is 3.21. The van der Waals surface area contributed by atoms with Gasteiger partial charge in [0.25, 0.3) is 0 Å². The first-order valence-corrected chi connectivity index (χ1v) is 7.83. The number of halogens is 1. The minimum absolute atomic E-state index is 0.249. The fourth-order valence-electron chi connectivity index (χ4n) is 2.53. The smallest absolute Gasteiger partial charge is 0.347 e. The van der Waals surface area contributed by atoms with Gasteiger partial charge >= 0.3 is 5.69 Å². The number of nitrogens with two attached hydrogens (primary N) is 1. The van der Waals surface area contributed by atoms with E-state index in [9.17, 15) is 9.18 Å². The molecular formula is C14H15BFN4OS. The molecule has 113 valence electrons. The second-order valence-electron chi connectivity index (χ2n) is 5.06. The number of nitrogens with zero attached hydrogens (tertiary/aromatic N) is 1. The molecule has 3 rings (SSSR count). The van der Waals surface area contributed by atoms with E-state index >= 15 is 0 Å². The first-order chi connectivity index (χ1) is 10.6. The van der Waals surface area contributed by atoms with Crippen molar-refractivity contribution in [2.45, 2.75) is 19.9 Å². The maximum absolute atomic E-state index is 13.5. The topological polar surface area (TPSA) is 83.8 Å². The molecule has 1 aliphatic heterocycles. The summed E-state index contributed by atoms with van der Waals surface area (Å²) < 4.78 is 13.5. The number of aromatic amines is 1. The van der Waals surface area contributed by atoms with Crippen molar-refractivity contribution in [2.75, 3.05) is 11.9 Å². The molecule has 0 fully saturated rings. The second-order valence-corrected chi connectivity index (χ2v) is 6.06. The highest BCUT2D eigenvalue weighted by Gasteiger charge is 2.24. The zero-order chi connectivity index (χ0) is 15.7. The van der Waals surface area contributed by atoms with Crippen molar-refractivity contribution in [3.8, 4) is 0 Å². The van der Waals surface area contributed by atoms with Crippen LogP contribution in [0.1, 0.15) is 23.9 Å². The quantitative estimate of drug-likeness (QED) is 0.719. The molecule has 0 spiro atoms. The van der Waals surface area contributed by atoms with Crippen LogP contribution in [0.15, 0.2) is 21.7 Å². The monoisotopic (exact) mass is 317 g/mol. The third-order valence-corrected chi connectivity index (χ3v) is 4.56. The molecule has 0 saturated carbocycles. The van der Waals surface area contributed by atoms with Crippen LogP contribution < -0.4 is 22.2 Å². The first-order valence-electron chi connectivity index (χ1n) is 6.95. The van der Waals surface area contributed by atoms with E-state index in [2.05, 4.69) is 15.3 Å². The van der Waals surface area contributed by atoms with Crippen LogP contribution in [0, 0.1) is 5.82 Å². The van der Waals surface area contributed by atoms with Crippen LogP contribution in [-0.4, -0.2) is 23.8 Å². The Morgan fingerprint density at radius 3 is 3.05 bits per heavy atom. The lowest BCUT2D eigenvalue weighted by molar-refractivity contribution is 0.621. The number of rotatable bonds is 5. The number of fused-ring (bicyclic) bond motifs is 1. The average Bonchev–Trinajstić information content (AvgIpc) is 3.03. The van der Waals surface area contributed by atoms with Gasteiger partial charge in [0.15, 0.2) is 7.28 Å². The lowest BCUT2D eigenvalue weighted by Crippen LogP contribution is -2.28. The molecule has 0 saturated heterocycles. The molecule has 2 aromatic rings. The normalized spacial score (nSPS) is 13.2. The Morgan fingerprint density at radius 2 is 2.36 bits per heavy atom. The highest BCUT2D eigenvalue weighted by molar-refractivity contribution is 7.09. The fraction of sp³-hybridized carbons (Fsp3) is 0.286. The molecule has 4 N–H and O–H groups in total. The van der Waals surface area contributed by atoms with Crippen LogP contribution in [0.2, 0.25) is 0 Å². The van der Waals surface area contributed by atoms with Crippen LogP contribution in [0.3, 0.4) is 0 Å². The molecule has 0 bridgehead atoms. The predicted octanol–water partition coefficient (Wildman–Crippen LogP) is 1.01. The SMILES string of the molecule is CC1=C(CCN)[B]c2c(NCc3sccc3F)nc(=O)[nH]c21. The molecule has 0 aliphatic carbocycles. The van der Waals surface area contributed by atoms with Crippen LogP contribution in [0.5, 0.6) is 0 Å². The van der Waals surface area contributed by atoms with Gasteiger partial charge in [-0.15, -0.1) is 11.3 Å². The largest absolute Gasteiger partial charge is 0.365 e. The van der Waals surface area contributed by atoms with Gasteiger partial charge in [-0.1, -0.05) is 5.47 Å². The summed E-state index contributed by atoms with van der Waals surface area (Å²) in [6.45, 7) is 2.79. The zero-order valence-corrected chi connectivity index (χ0v) is 12.9. The molecule has 0 aromatic carbocycles. The Kier molecular flexibility index (Phi) is 4.13. The molecule has 8 heteroatoms. The van der Waals surface area contributed by atoms with E-state index in [1.54, 1.807) is 5.38 Å². The van der Waals surface area contributed by atoms with Crippen LogP contribution in [0.25, 0.3) is 5.57 Å². The number of H-pyrrole nitrogens is 1. The van der Waals surface area contributed by atoms with Crippen molar-refractivity contribution in [3.05, 3.63) is 43.8 Å². The molecule has 2 aromatic heterocycles. The molecule has 1 aliphatic rings. The van der Waals surface area contributed by atoms with Gasteiger partial charge in [0.05, 0.1) is 11.4 Å². The van der Waals surface area contributed by atoms with Crippen molar-refractivity contribution < 1.29 is 4.39 Å². The highest BCUT2D eigenvalue weighted by atomic mass is 32.1. The Morgan fingerprint density at radius 1 is 1.55 bits per heavy atom. The van der Waals surface area contributed by atoms with Gasteiger partial charge < -0.3 is 16.0 Å². The van der Waals surface area contributed by atoms with E-state index in [-0.39, 0.29) is 5.82 Å². The number of hydrogen-bond acceptors (Lipinski definition) is 5. The van der Waals surface area contributed by atoms with Crippen molar-refractivity contribution in [1.29, 1.82) is 0 Å². The van der Waals surface area contributed by atoms with E-state index in [0.29, 0.717) is 23.8 Å². The Balaban J connectivity index is 1.88. The maximum Gasteiger partial charge on any atom is 0.347 e. The molecule has 22 heavy (non-hydrogen) atoms. The summed E-state index contributed by atoms with van der Waals surface area (Å²) in [6.07, 6.45) is 0.738. The van der Waals surface area contributed by atoms with Gasteiger partial charge in [-0.2, -0.15) is 4.98 Å². The number of thiophene rings is 1. The van der Waals surface area contributed by atoms with Gasteiger partial charge in [0.2, 0.25) is 0 Å². The van der Waals surface area contributed by atoms with Crippen molar-refractivity contribution >= 4 is 35.5 Å². The third kappa shape index (κ3) is 2.71. The van der Waals surface area contributed by atoms with E-state index in [1.165, 1.54) is 17.4 Å². The third-order valence-electron chi connectivity index (χ3n) is 3.67. The summed E-state index contributed by atoms with van der Waals surface area (Å²) in [5, 5.41) is 4.76. The molecule has 5 nitrogen and oxygen atoms in total.